The van der Waals surface area contributed by atoms with Crippen molar-refractivity contribution < 1.29 is 9.59 Å². The number of halogens is 2. The first kappa shape index (κ1) is 22.0. The van der Waals surface area contributed by atoms with Crippen molar-refractivity contribution >= 4 is 69.7 Å². The lowest BCUT2D eigenvalue weighted by Crippen LogP contribution is -2.45. The summed E-state index contributed by atoms with van der Waals surface area (Å²) in [6.45, 7) is 0.730. The fraction of sp³-hybridized carbons (Fsp3) is 0.111. The Bertz CT molecular complexity index is 835. The van der Waals surface area contributed by atoms with E-state index in [1.54, 1.807) is 48.5 Å². The zero-order valence-corrected chi connectivity index (χ0v) is 17.6. The molecular weight excluding hydrogens is 439 g/mol. The minimum atomic E-state index is -0.404. The third-order valence-electron chi connectivity index (χ3n) is 3.39. The van der Waals surface area contributed by atoms with Crippen molar-refractivity contribution in [2.75, 3.05) is 13.1 Å². The van der Waals surface area contributed by atoms with Gasteiger partial charge in [0.2, 0.25) is 0 Å². The molecule has 2 rings (SSSR count). The molecule has 0 bridgehead atoms. The van der Waals surface area contributed by atoms with Crippen LogP contribution >= 0.6 is 47.6 Å². The maximum atomic E-state index is 12.1. The van der Waals surface area contributed by atoms with Crippen LogP contribution in [0.4, 0.5) is 0 Å². The standard InChI is InChI=1S/C18H16Cl2N4O2S2/c19-13-7-3-1-5-11(13)15(25)23-17(27)21-9-10-22-18(28)24-16(26)12-6-2-4-8-14(12)20/h1-8H,9-10H2,(H2,21,23,25,27)(H2,22,24,26,28). The number of carbonyl (C=O) groups excluding carboxylic acids is 2. The minimum absolute atomic E-state index is 0.151. The lowest BCUT2D eigenvalue weighted by molar-refractivity contribution is 0.0968. The molecule has 0 saturated carbocycles. The second kappa shape index (κ2) is 10.9. The van der Waals surface area contributed by atoms with Crippen LogP contribution < -0.4 is 21.3 Å². The molecule has 0 heterocycles. The monoisotopic (exact) mass is 454 g/mol. The predicted molar refractivity (Wildman–Crippen MR) is 119 cm³/mol. The first-order chi connectivity index (χ1) is 13.4. The van der Waals surface area contributed by atoms with Crippen molar-refractivity contribution in [3.05, 3.63) is 69.7 Å². The van der Waals surface area contributed by atoms with E-state index in [0.717, 1.165) is 0 Å². The highest BCUT2D eigenvalue weighted by atomic mass is 35.5. The molecule has 0 unspecified atom stereocenters. The van der Waals surface area contributed by atoms with E-state index in [-0.39, 0.29) is 10.2 Å². The van der Waals surface area contributed by atoms with Crippen LogP contribution in [-0.2, 0) is 0 Å². The Labute approximate surface area is 183 Å². The SMILES string of the molecule is O=C(NC(=S)NCCNC(=S)NC(=O)c1ccccc1Cl)c1ccccc1Cl. The van der Waals surface area contributed by atoms with Crippen LogP contribution in [0.15, 0.2) is 48.5 Å². The van der Waals surface area contributed by atoms with Gasteiger partial charge in [-0.15, -0.1) is 0 Å². The molecule has 2 amide bonds. The topological polar surface area (TPSA) is 82.3 Å². The van der Waals surface area contributed by atoms with Gasteiger partial charge in [0.05, 0.1) is 21.2 Å². The molecule has 6 nitrogen and oxygen atoms in total. The minimum Gasteiger partial charge on any atom is -0.361 e. The van der Waals surface area contributed by atoms with Crippen LogP contribution in [0.2, 0.25) is 10.0 Å². The summed E-state index contributed by atoms with van der Waals surface area (Å²) >= 11 is 22.1. The lowest BCUT2D eigenvalue weighted by atomic mass is 10.2. The number of amides is 2. The van der Waals surface area contributed by atoms with Gasteiger partial charge in [0.1, 0.15) is 0 Å². The van der Waals surface area contributed by atoms with Crippen LogP contribution in [0.1, 0.15) is 20.7 Å². The maximum absolute atomic E-state index is 12.1. The molecule has 0 aliphatic rings. The maximum Gasteiger partial charge on any atom is 0.258 e. The molecule has 10 heteroatoms. The largest absolute Gasteiger partial charge is 0.361 e. The first-order valence-electron chi connectivity index (χ1n) is 8.06. The van der Waals surface area contributed by atoms with E-state index in [1.165, 1.54) is 0 Å². The summed E-state index contributed by atoms with van der Waals surface area (Å²) in [5.41, 5.74) is 0.657. The van der Waals surface area contributed by atoms with Gasteiger partial charge in [-0.3, -0.25) is 20.2 Å². The van der Waals surface area contributed by atoms with Crippen LogP contribution in [0, 0.1) is 0 Å². The van der Waals surface area contributed by atoms with Crippen LogP contribution in [0.25, 0.3) is 0 Å². The molecule has 0 radical (unpaired) electrons. The normalized spacial score (nSPS) is 9.93. The van der Waals surface area contributed by atoms with Crippen molar-refractivity contribution in [3.63, 3.8) is 0 Å². The van der Waals surface area contributed by atoms with Gasteiger partial charge < -0.3 is 10.6 Å². The average Bonchev–Trinajstić information content (AvgIpc) is 2.65. The number of rotatable bonds is 5. The van der Waals surface area contributed by atoms with E-state index in [1.807, 2.05) is 0 Å². The van der Waals surface area contributed by atoms with Gasteiger partial charge >= 0.3 is 0 Å². The highest BCUT2D eigenvalue weighted by molar-refractivity contribution is 7.80. The van der Waals surface area contributed by atoms with Crippen molar-refractivity contribution in [2.45, 2.75) is 0 Å². The molecule has 0 saturated heterocycles. The summed E-state index contributed by atoms with van der Waals surface area (Å²) in [7, 11) is 0. The van der Waals surface area contributed by atoms with Gasteiger partial charge in [0.25, 0.3) is 11.8 Å². The third-order valence-corrected chi connectivity index (χ3v) is 4.54. The Morgan fingerprint density at radius 3 is 1.43 bits per heavy atom. The van der Waals surface area contributed by atoms with E-state index in [4.69, 9.17) is 47.6 Å². The van der Waals surface area contributed by atoms with E-state index in [0.29, 0.717) is 34.3 Å². The molecule has 0 aromatic heterocycles. The molecule has 2 aromatic rings. The van der Waals surface area contributed by atoms with Crippen LogP contribution in [0.5, 0.6) is 0 Å². The van der Waals surface area contributed by atoms with Crippen LogP contribution in [-0.4, -0.2) is 35.1 Å². The molecule has 28 heavy (non-hydrogen) atoms. The number of thiocarbonyl (C=S) groups is 2. The zero-order valence-electron chi connectivity index (χ0n) is 14.4. The first-order valence-corrected chi connectivity index (χ1v) is 9.63. The molecule has 2 aromatic carbocycles. The quantitative estimate of drug-likeness (QED) is 0.410. The Kier molecular flexibility index (Phi) is 8.59. The predicted octanol–water partition coefficient (Wildman–Crippen LogP) is 2.90. The Morgan fingerprint density at radius 1 is 0.714 bits per heavy atom. The molecule has 0 aliphatic carbocycles. The molecule has 0 atom stereocenters. The van der Waals surface area contributed by atoms with Gasteiger partial charge in [-0.25, -0.2) is 0 Å². The Hall–Kier alpha value is -2.26. The van der Waals surface area contributed by atoms with E-state index in [9.17, 15) is 9.59 Å². The molecule has 4 N–H and O–H groups in total. The summed E-state index contributed by atoms with van der Waals surface area (Å²) in [6, 6.07) is 13.3. The second-order valence-corrected chi connectivity index (χ2v) is 7.01. The third kappa shape index (κ3) is 6.72. The summed E-state index contributed by atoms with van der Waals surface area (Å²) < 4.78 is 0. The average molecular weight is 455 g/mol. The van der Waals surface area contributed by atoms with Gasteiger partial charge in [0, 0.05) is 13.1 Å². The zero-order chi connectivity index (χ0) is 20.5. The highest BCUT2D eigenvalue weighted by Gasteiger charge is 2.12. The van der Waals surface area contributed by atoms with E-state index >= 15 is 0 Å². The summed E-state index contributed by atoms with van der Waals surface area (Å²) in [5.74, 6) is -0.808. The number of hydrogen-bond acceptors (Lipinski definition) is 4. The van der Waals surface area contributed by atoms with Gasteiger partial charge in [0.15, 0.2) is 10.2 Å². The van der Waals surface area contributed by atoms with Gasteiger partial charge in [-0.2, -0.15) is 0 Å². The van der Waals surface area contributed by atoms with Gasteiger partial charge in [-0.1, -0.05) is 47.5 Å². The second-order valence-electron chi connectivity index (χ2n) is 5.38. The Balaban J connectivity index is 1.69. The highest BCUT2D eigenvalue weighted by Crippen LogP contribution is 2.15. The number of benzene rings is 2. The molecule has 0 fully saturated rings. The summed E-state index contributed by atoms with van der Waals surface area (Å²) in [6.07, 6.45) is 0. The molecule has 0 spiro atoms. The number of carbonyl (C=O) groups is 2. The lowest BCUT2D eigenvalue weighted by Gasteiger charge is -2.12. The number of hydrogen-bond donors (Lipinski definition) is 4. The summed E-state index contributed by atoms with van der Waals surface area (Å²) in [4.78, 5) is 24.2. The molecular formula is C18H16Cl2N4O2S2. The van der Waals surface area contributed by atoms with Gasteiger partial charge in [-0.05, 0) is 48.7 Å². The fourth-order valence-corrected chi connectivity index (χ4v) is 2.90. The van der Waals surface area contributed by atoms with Crippen molar-refractivity contribution in [1.29, 1.82) is 0 Å². The fourth-order valence-electron chi connectivity index (χ4n) is 2.07. The van der Waals surface area contributed by atoms with E-state index < -0.39 is 11.8 Å². The smallest absolute Gasteiger partial charge is 0.258 e. The van der Waals surface area contributed by atoms with Crippen LogP contribution in [0.3, 0.4) is 0 Å². The van der Waals surface area contributed by atoms with Crippen molar-refractivity contribution in [2.24, 2.45) is 0 Å². The van der Waals surface area contributed by atoms with Crippen molar-refractivity contribution in [1.82, 2.24) is 21.3 Å². The molecule has 0 aliphatic heterocycles. The number of nitrogens with one attached hydrogen (secondary N) is 4. The Morgan fingerprint density at radius 2 is 1.07 bits per heavy atom. The summed E-state index contributed by atoms with van der Waals surface area (Å²) in [5, 5.41) is 11.8. The van der Waals surface area contributed by atoms with Crippen molar-refractivity contribution in [3.8, 4) is 0 Å². The molecule has 146 valence electrons. The van der Waals surface area contributed by atoms with E-state index in [2.05, 4.69) is 21.3 Å².